The molecule has 0 radical (unpaired) electrons. The highest BCUT2D eigenvalue weighted by atomic mass is 79.9. The fourth-order valence-corrected chi connectivity index (χ4v) is 1.78. The highest BCUT2D eigenvalue weighted by Crippen LogP contribution is 2.21. The van der Waals surface area contributed by atoms with E-state index in [1.807, 2.05) is 6.07 Å². The van der Waals surface area contributed by atoms with Crippen LogP contribution in [0.2, 0.25) is 0 Å². The van der Waals surface area contributed by atoms with Crippen molar-refractivity contribution in [3.8, 4) is 0 Å². The van der Waals surface area contributed by atoms with Crippen LogP contribution in [0.25, 0.3) is 0 Å². The highest BCUT2D eigenvalue weighted by Gasteiger charge is 2.08. The molecule has 1 N–H and O–H groups in total. The van der Waals surface area contributed by atoms with Gasteiger partial charge in [-0.1, -0.05) is 15.9 Å². The van der Waals surface area contributed by atoms with Gasteiger partial charge in [0.1, 0.15) is 0 Å². The molecule has 0 aliphatic carbocycles. The van der Waals surface area contributed by atoms with E-state index >= 15 is 0 Å². The second kappa shape index (κ2) is 6.57. The summed E-state index contributed by atoms with van der Waals surface area (Å²) in [5, 5.41) is 13.8. The Morgan fingerprint density at radius 3 is 2.88 bits per heavy atom. The molecule has 1 rings (SSSR count). The number of hydrogen-bond donors (Lipinski definition) is 1. The number of nitro benzene ring substituents is 1. The normalized spacial score (nSPS) is 10.4. The van der Waals surface area contributed by atoms with E-state index in [-0.39, 0.29) is 5.69 Å². The molecule has 0 unspecified atom stereocenters. The molecule has 0 spiro atoms. The number of halogens is 1. The highest BCUT2D eigenvalue weighted by molar-refractivity contribution is 9.10. The molecule has 0 amide bonds. The van der Waals surface area contributed by atoms with Gasteiger partial charge in [-0.2, -0.15) is 0 Å². The van der Waals surface area contributed by atoms with Crippen LogP contribution in [0.3, 0.4) is 0 Å². The average Bonchev–Trinajstić information content (AvgIpc) is 2.23. The summed E-state index contributed by atoms with van der Waals surface area (Å²) in [6, 6.07) is 4.90. The number of nitrogens with one attached hydrogen (secondary N) is 1. The van der Waals surface area contributed by atoms with Crippen molar-refractivity contribution in [2.75, 3.05) is 20.3 Å². The molecule has 5 nitrogen and oxygen atoms in total. The molecule has 0 saturated heterocycles. The van der Waals surface area contributed by atoms with Gasteiger partial charge < -0.3 is 10.1 Å². The number of non-ortho nitro benzene ring substituents is 1. The van der Waals surface area contributed by atoms with Crippen LogP contribution in [-0.2, 0) is 11.3 Å². The molecule has 0 heterocycles. The van der Waals surface area contributed by atoms with E-state index in [9.17, 15) is 10.1 Å². The minimum Gasteiger partial charge on any atom is -0.383 e. The summed E-state index contributed by atoms with van der Waals surface area (Å²) in [5.41, 5.74) is 0.968. The lowest BCUT2D eigenvalue weighted by Crippen LogP contribution is -2.18. The van der Waals surface area contributed by atoms with Gasteiger partial charge in [-0.25, -0.2) is 0 Å². The molecule has 0 aliphatic rings. The summed E-state index contributed by atoms with van der Waals surface area (Å²) in [7, 11) is 1.63. The van der Waals surface area contributed by atoms with Crippen LogP contribution in [0.5, 0.6) is 0 Å². The average molecular weight is 289 g/mol. The molecule has 88 valence electrons. The summed E-state index contributed by atoms with van der Waals surface area (Å²) in [6.07, 6.45) is 0. The van der Waals surface area contributed by atoms with E-state index in [2.05, 4.69) is 21.2 Å². The first-order valence-corrected chi connectivity index (χ1v) is 5.56. The minimum atomic E-state index is -0.399. The van der Waals surface area contributed by atoms with Gasteiger partial charge >= 0.3 is 0 Å². The summed E-state index contributed by atoms with van der Waals surface area (Å²) in [6.45, 7) is 1.93. The molecule has 0 aromatic heterocycles. The van der Waals surface area contributed by atoms with Gasteiger partial charge in [-0.3, -0.25) is 10.1 Å². The van der Waals surface area contributed by atoms with Gasteiger partial charge in [0.25, 0.3) is 5.69 Å². The molecule has 0 fully saturated rings. The maximum atomic E-state index is 10.6. The van der Waals surface area contributed by atoms with E-state index in [1.54, 1.807) is 13.2 Å². The third-order valence-corrected chi connectivity index (χ3v) is 2.42. The van der Waals surface area contributed by atoms with Crippen LogP contribution in [0.1, 0.15) is 5.56 Å². The third kappa shape index (κ3) is 4.26. The van der Waals surface area contributed by atoms with Crippen LogP contribution in [0, 0.1) is 10.1 Å². The molecule has 0 aliphatic heterocycles. The van der Waals surface area contributed by atoms with Crippen molar-refractivity contribution < 1.29 is 9.66 Å². The molecule has 1 aromatic carbocycles. The fourth-order valence-electron chi connectivity index (χ4n) is 1.25. The van der Waals surface area contributed by atoms with E-state index in [4.69, 9.17) is 4.74 Å². The molecule has 1 aromatic rings. The zero-order valence-electron chi connectivity index (χ0n) is 8.90. The predicted octanol–water partition coefficient (Wildman–Crippen LogP) is 2.09. The van der Waals surface area contributed by atoms with Gasteiger partial charge in [-0.05, 0) is 11.6 Å². The first kappa shape index (κ1) is 13.1. The lowest BCUT2D eigenvalue weighted by Gasteiger charge is -2.04. The van der Waals surface area contributed by atoms with Gasteiger partial charge in [0.15, 0.2) is 0 Å². The summed E-state index contributed by atoms with van der Waals surface area (Å²) in [4.78, 5) is 10.2. The quantitative estimate of drug-likeness (QED) is 0.495. The molecular formula is C10H13BrN2O3. The van der Waals surface area contributed by atoms with Crippen LogP contribution in [-0.4, -0.2) is 25.2 Å². The van der Waals surface area contributed by atoms with Crippen LogP contribution < -0.4 is 5.32 Å². The Morgan fingerprint density at radius 2 is 2.25 bits per heavy atom. The zero-order chi connectivity index (χ0) is 12.0. The van der Waals surface area contributed by atoms with Gasteiger partial charge in [-0.15, -0.1) is 0 Å². The molecule has 0 atom stereocenters. The number of nitrogens with zero attached hydrogens (tertiary/aromatic N) is 1. The zero-order valence-corrected chi connectivity index (χ0v) is 10.5. The number of methoxy groups -OCH3 is 1. The predicted molar refractivity (Wildman–Crippen MR) is 64.4 cm³/mol. The second-order valence-electron chi connectivity index (χ2n) is 3.24. The Kier molecular flexibility index (Phi) is 5.37. The number of rotatable bonds is 6. The Morgan fingerprint density at radius 1 is 1.50 bits per heavy atom. The largest absolute Gasteiger partial charge is 0.383 e. The van der Waals surface area contributed by atoms with E-state index in [0.717, 1.165) is 12.1 Å². The minimum absolute atomic E-state index is 0.0953. The molecule has 16 heavy (non-hydrogen) atoms. The lowest BCUT2D eigenvalue weighted by molar-refractivity contribution is -0.385. The summed E-state index contributed by atoms with van der Waals surface area (Å²) >= 11 is 3.25. The number of hydrogen-bond acceptors (Lipinski definition) is 4. The smallest absolute Gasteiger partial charge is 0.270 e. The Balaban J connectivity index is 2.62. The second-order valence-corrected chi connectivity index (χ2v) is 4.16. The monoisotopic (exact) mass is 288 g/mol. The van der Waals surface area contributed by atoms with E-state index < -0.39 is 4.92 Å². The molecule has 0 bridgehead atoms. The van der Waals surface area contributed by atoms with Crippen molar-refractivity contribution >= 4 is 21.6 Å². The van der Waals surface area contributed by atoms with Gasteiger partial charge in [0, 0.05) is 36.8 Å². The van der Waals surface area contributed by atoms with Crippen molar-refractivity contribution in [1.29, 1.82) is 0 Å². The summed E-state index contributed by atoms with van der Waals surface area (Å²) < 4.78 is 5.60. The van der Waals surface area contributed by atoms with Crippen molar-refractivity contribution in [3.63, 3.8) is 0 Å². The Bertz CT molecular complexity index is 371. The van der Waals surface area contributed by atoms with Crippen LogP contribution >= 0.6 is 15.9 Å². The van der Waals surface area contributed by atoms with Crippen molar-refractivity contribution in [2.45, 2.75) is 6.54 Å². The van der Waals surface area contributed by atoms with Gasteiger partial charge in [0.2, 0.25) is 0 Å². The Hall–Kier alpha value is -0.980. The standard InChI is InChI=1S/C10H13BrN2O3/c1-16-3-2-12-7-8-4-9(11)6-10(5-8)13(14)15/h4-6,12H,2-3,7H2,1H3. The molecule has 6 heteroatoms. The number of nitro groups is 1. The molecular weight excluding hydrogens is 276 g/mol. The van der Waals surface area contributed by atoms with Crippen LogP contribution in [0.15, 0.2) is 22.7 Å². The van der Waals surface area contributed by atoms with Crippen molar-refractivity contribution in [2.24, 2.45) is 0 Å². The van der Waals surface area contributed by atoms with Gasteiger partial charge in [0.05, 0.1) is 11.5 Å². The third-order valence-electron chi connectivity index (χ3n) is 1.97. The fraction of sp³-hybridized carbons (Fsp3) is 0.400. The molecule has 0 saturated carbocycles. The first-order valence-electron chi connectivity index (χ1n) is 4.77. The van der Waals surface area contributed by atoms with Crippen molar-refractivity contribution in [3.05, 3.63) is 38.3 Å². The van der Waals surface area contributed by atoms with Crippen LogP contribution in [0.4, 0.5) is 5.69 Å². The SMILES string of the molecule is COCCNCc1cc(Br)cc([N+](=O)[O-])c1. The summed E-state index contributed by atoms with van der Waals surface area (Å²) in [5.74, 6) is 0. The maximum absolute atomic E-state index is 10.6. The maximum Gasteiger partial charge on any atom is 0.270 e. The number of ether oxygens (including phenoxy) is 1. The van der Waals surface area contributed by atoms with E-state index in [1.165, 1.54) is 6.07 Å². The lowest BCUT2D eigenvalue weighted by atomic mass is 10.2. The van der Waals surface area contributed by atoms with Crippen molar-refractivity contribution in [1.82, 2.24) is 5.32 Å². The number of benzene rings is 1. The Labute approximate surface area is 102 Å². The topological polar surface area (TPSA) is 64.4 Å². The van der Waals surface area contributed by atoms with E-state index in [0.29, 0.717) is 17.6 Å². The first-order chi connectivity index (χ1) is 7.63.